The van der Waals surface area contributed by atoms with Gasteiger partial charge < -0.3 is 10.4 Å². The van der Waals surface area contributed by atoms with Crippen LogP contribution in [0.25, 0.3) is 0 Å². The first-order valence-corrected chi connectivity index (χ1v) is 7.21. The lowest BCUT2D eigenvalue weighted by atomic mass is 10.1. The standard InChI is InChI=1S/C16H26N2O2/c1-13(2)17-16(20)12-18(14(3)9-10-19)11-15-7-5-4-6-8-15/h4-8,13-14,19H,9-12H2,1-3H3,(H,17,20). The number of carbonyl (C=O) groups excluding carboxylic acids is 1. The summed E-state index contributed by atoms with van der Waals surface area (Å²) in [6.45, 7) is 7.16. The maximum atomic E-state index is 11.9. The minimum atomic E-state index is 0.0284. The Hall–Kier alpha value is -1.39. The van der Waals surface area contributed by atoms with Gasteiger partial charge in [0.1, 0.15) is 0 Å². The fourth-order valence-electron chi connectivity index (χ4n) is 2.11. The molecule has 0 aromatic heterocycles. The molecule has 1 aromatic carbocycles. The van der Waals surface area contributed by atoms with Crippen LogP contribution in [0.3, 0.4) is 0 Å². The molecule has 4 nitrogen and oxygen atoms in total. The lowest BCUT2D eigenvalue weighted by molar-refractivity contribution is -0.123. The smallest absolute Gasteiger partial charge is 0.234 e. The fourth-order valence-corrected chi connectivity index (χ4v) is 2.11. The molecule has 2 N–H and O–H groups in total. The van der Waals surface area contributed by atoms with E-state index in [0.29, 0.717) is 19.5 Å². The predicted octanol–water partition coefficient (Wildman–Crippen LogP) is 1.78. The summed E-state index contributed by atoms with van der Waals surface area (Å²) in [7, 11) is 0. The van der Waals surface area contributed by atoms with Crippen molar-refractivity contribution >= 4 is 5.91 Å². The van der Waals surface area contributed by atoms with E-state index in [1.165, 1.54) is 5.56 Å². The third-order valence-electron chi connectivity index (χ3n) is 3.20. The number of carbonyl (C=O) groups is 1. The summed E-state index contributed by atoms with van der Waals surface area (Å²) in [5.74, 6) is 0.0284. The van der Waals surface area contributed by atoms with Crippen molar-refractivity contribution in [3.05, 3.63) is 35.9 Å². The summed E-state index contributed by atoms with van der Waals surface area (Å²) < 4.78 is 0. The molecular weight excluding hydrogens is 252 g/mol. The molecule has 1 aromatic rings. The Bertz CT molecular complexity index is 393. The van der Waals surface area contributed by atoms with Crippen LogP contribution < -0.4 is 5.32 Å². The number of hydrogen-bond donors (Lipinski definition) is 2. The van der Waals surface area contributed by atoms with Gasteiger partial charge in [0.25, 0.3) is 0 Å². The maximum absolute atomic E-state index is 11.9. The summed E-state index contributed by atoms with van der Waals surface area (Å²) >= 11 is 0. The van der Waals surface area contributed by atoms with Gasteiger partial charge in [0.2, 0.25) is 5.91 Å². The van der Waals surface area contributed by atoms with Gasteiger partial charge in [-0.15, -0.1) is 0 Å². The molecule has 0 heterocycles. The zero-order valence-electron chi connectivity index (χ0n) is 12.7. The van der Waals surface area contributed by atoms with E-state index in [9.17, 15) is 4.79 Å². The van der Waals surface area contributed by atoms with E-state index in [1.807, 2.05) is 39.0 Å². The average molecular weight is 278 g/mol. The van der Waals surface area contributed by atoms with Gasteiger partial charge >= 0.3 is 0 Å². The maximum Gasteiger partial charge on any atom is 0.234 e. The van der Waals surface area contributed by atoms with Crippen LogP contribution in [0.5, 0.6) is 0 Å². The van der Waals surface area contributed by atoms with Crippen LogP contribution in [0.2, 0.25) is 0 Å². The van der Waals surface area contributed by atoms with Gasteiger partial charge in [-0.25, -0.2) is 0 Å². The summed E-state index contributed by atoms with van der Waals surface area (Å²) in [5, 5.41) is 12.0. The molecule has 20 heavy (non-hydrogen) atoms. The van der Waals surface area contributed by atoms with E-state index in [0.717, 1.165) is 0 Å². The molecule has 0 saturated heterocycles. The van der Waals surface area contributed by atoms with Crippen molar-refractivity contribution in [2.75, 3.05) is 13.2 Å². The zero-order valence-corrected chi connectivity index (χ0v) is 12.7. The Kier molecular flexibility index (Phi) is 7.26. The lowest BCUT2D eigenvalue weighted by Crippen LogP contribution is -2.43. The largest absolute Gasteiger partial charge is 0.396 e. The molecule has 1 atom stereocenters. The van der Waals surface area contributed by atoms with Crippen molar-refractivity contribution in [3.8, 4) is 0 Å². The second-order valence-corrected chi connectivity index (χ2v) is 5.47. The number of nitrogens with zero attached hydrogens (tertiary/aromatic N) is 1. The molecule has 1 amide bonds. The molecule has 0 fully saturated rings. The highest BCUT2D eigenvalue weighted by molar-refractivity contribution is 5.78. The van der Waals surface area contributed by atoms with Crippen LogP contribution in [0, 0.1) is 0 Å². The molecule has 0 spiro atoms. The second-order valence-electron chi connectivity index (χ2n) is 5.47. The summed E-state index contributed by atoms with van der Waals surface area (Å²) in [6, 6.07) is 10.4. The molecule has 4 heteroatoms. The predicted molar refractivity (Wildman–Crippen MR) is 81.3 cm³/mol. The van der Waals surface area contributed by atoms with Crippen molar-refractivity contribution < 1.29 is 9.90 Å². The third kappa shape index (κ3) is 6.17. The van der Waals surface area contributed by atoms with Gasteiger partial charge in [0.05, 0.1) is 6.54 Å². The van der Waals surface area contributed by atoms with Crippen LogP contribution in [-0.4, -0.2) is 41.1 Å². The zero-order chi connectivity index (χ0) is 15.0. The number of aliphatic hydroxyl groups excluding tert-OH is 1. The molecular formula is C16H26N2O2. The average Bonchev–Trinajstić information content (AvgIpc) is 2.38. The number of hydrogen-bond acceptors (Lipinski definition) is 3. The SMILES string of the molecule is CC(C)NC(=O)CN(Cc1ccccc1)C(C)CCO. The Balaban J connectivity index is 2.67. The quantitative estimate of drug-likeness (QED) is 0.762. The van der Waals surface area contributed by atoms with E-state index in [4.69, 9.17) is 5.11 Å². The lowest BCUT2D eigenvalue weighted by Gasteiger charge is -2.28. The first kappa shape index (κ1) is 16.7. The van der Waals surface area contributed by atoms with E-state index < -0.39 is 0 Å². The highest BCUT2D eigenvalue weighted by Gasteiger charge is 2.17. The molecule has 112 valence electrons. The molecule has 0 bridgehead atoms. The van der Waals surface area contributed by atoms with Crippen molar-refractivity contribution in [3.63, 3.8) is 0 Å². The Morgan fingerprint density at radius 2 is 1.90 bits per heavy atom. The Morgan fingerprint density at radius 3 is 2.45 bits per heavy atom. The molecule has 1 unspecified atom stereocenters. The first-order valence-electron chi connectivity index (χ1n) is 7.21. The van der Waals surface area contributed by atoms with E-state index in [2.05, 4.69) is 22.3 Å². The van der Waals surface area contributed by atoms with Crippen LogP contribution in [0.1, 0.15) is 32.8 Å². The van der Waals surface area contributed by atoms with Crippen molar-refractivity contribution in [2.45, 2.75) is 45.8 Å². The van der Waals surface area contributed by atoms with Gasteiger partial charge in [-0.3, -0.25) is 9.69 Å². The topological polar surface area (TPSA) is 52.6 Å². The van der Waals surface area contributed by atoms with Crippen LogP contribution in [0.4, 0.5) is 0 Å². The monoisotopic (exact) mass is 278 g/mol. The molecule has 0 radical (unpaired) electrons. The molecule has 0 aliphatic heterocycles. The third-order valence-corrected chi connectivity index (χ3v) is 3.20. The highest BCUT2D eigenvalue weighted by Crippen LogP contribution is 2.10. The summed E-state index contributed by atoms with van der Waals surface area (Å²) in [6.07, 6.45) is 0.668. The minimum absolute atomic E-state index is 0.0284. The minimum Gasteiger partial charge on any atom is -0.396 e. The van der Waals surface area contributed by atoms with E-state index >= 15 is 0 Å². The van der Waals surface area contributed by atoms with E-state index in [1.54, 1.807) is 0 Å². The van der Waals surface area contributed by atoms with Crippen molar-refractivity contribution in [1.29, 1.82) is 0 Å². The second kappa shape index (κ2) is 8.72. The number of benzene rings is 1. The van der Waals surface area contributed by atoms with Crippen molar-refractivity contribution in [2.24, 2.45) is 0 Å². The summed E-state index contributed by atoms with van der Waals surface area (Å²) in [4.78, 5) is 14.0. The van der Waals surface area contributed by atoms with Crippen LogP contribution in [0.15, 0.2) is 30.3 Å². The number of nitrogens with one attached hydrogen (secondary N) is 1. The van der Waals surface area contributed by atoms with Gasteiger partial charge in [-0.1, -0.05) is 30.3 Å². The number of rotatable bonds is 8. The number of aliphatic hydroxyl groups is 1. The number of amides is 1. The highest BCUT2D eigenvalue weighted by atomic mass is 16.3. The first-order chi connectivity index (χ1) is 9.52. The Morgan fingerprint density at radius 1 is 1.25 bits per heavy atom. The van der Waals surface area contributed by atoms with Gasteiger partial charge in [-0.05, 0) is 32.8 Å². The van der Waals surface area contributed by atoms with Gasteiger partial charge in [0, 0.05) is 25.2 Å². The van der Waals surface area contributed by atoms with Gasteiger partial charge in [-0.2, -0.15) is 0 Å². The molecule has 1 rings (SSSR count). The van der Waals surface area contributed by atoms with E-state index in [-0.39, 0.29) is 24.6 Å². The van der Waals surface area contributed by atoms with Crippen molar-refractivity contribution in [1.82, 2.24) is 10.2 Å². The molecule has 0 aliphatic carbocycles. The fraction of sp³-hybridized carbons (Fsp3) is 0.562. The molecule has 0 aliphatic rings. The molecule has 0 saturated carbocycles. The Labute approximate surface area is 121 Å². The van der Waals surface area contributed by atoms with Gasteiger partial charge in [0.15, 0.2) is 0 Å². The normalized spacial score (nSPS) is 12.7. The summed E-state index contributed by atoms with van der Waals surface area (Å²) in [5.41, 5.74) is 1.18. The van der Waals surface area contributed by atoms with Crippen LogP contribution >= 0.6 is 0 Å². The van der Waals surface area contributed by atoms with Crippen LogP contribution in [-0.2, 0) is 11.3 Å².